The van der Waals surface area contributed by atoms with Gasteiger partial charge in [-0.15, -0.1) is 11.3 Å². The number of aliphatic carboxylic acids is 1. The second-order valence-electron chi connectivity index (χ2n) is 18.8. The first kappa shape index (κ1) is 44.0. The van der Waals surface area contributed by atoms with E-state index in [-0.39, 0.29) is 34.3 Å². The van der Waals surface area contributed by atoms with Gasteiger partial charge in [0.25, 0.3) is 0 Å². The van der Waals surface area contributed by atoms with Crippen molar-refractivity contribution in [1.82, 2.24) is 4.98 Å². The van der Waals surface area contributed by atoms with E-state index in [9.17, 15) is 19.8 Å². The lowest BCUT2D eigenvalue weighted by Crippen LogP contribution is -2.54. The second kappa shape index (κ2) is 16.7. The van der Waals surface area contributed by atoms with Crippen molar-refractivity contribution in [1.29, 1.82) is 0 Å². The van der Waals surface area contributed by atoms with Gasteiger partial charge in [0.2, 0.25) is 0 Å². The molecule has 2 N–H and O–H groups in total. The second-order valence-corrected chi connectivity index (χ2v) is 29.4. The Kier molecular flexibility index (Phi) is 15.0. The van der Waals surface area contributed by atoms with E-state index < -0.39 is 46.1 Å². The van der Waals surface area contributed by atoms with Gasteiger partial charge in [0, 0.05) is 16.7 Å². The Labute approximate surface area is 305 Å². The predicted molar refractivity (Wildman–Crippen MR) is 210 cm³/mol. The highest BCUT2D eigenvalue weighted by Gasteiger charge is 2.50. The van der Waals surface area contributed by atoms with Crippen LogP contribution in [0.4, 0.5) is 0 Å². The quantitative estimate of drug-likeness (QED) is 0.136. The van der Waals surface area contributed by atoms with Crippen LogP contribution in [0.15, 0.2) is 11.0 Å². The number of hydrogen-bond donors (Lipinski definition) is 2. The van der Waals surface area contributed by atoms with Gasteiger partial charge in [0.05, 0.1) is 35.4 Å². The highest BCUT2D eigenvalue weighted by molar-refractivity contribution is 7.09. The van der Waals surface area contributed by atoms with Crippen LogP contribution >= 0.6 is 11.3 Å². The van der Waals surface area contributed by atoms with Crippen molar-refractivity contribution in [3.8, 4) is 0 Å². The largest absolute Gasteiger partial charge is 0.481 e. The number of carboxylic acid groups (broad SMARTS) is 1. The Morgan fingerprint density at radius 1 is 1.00 bits per heavy atom. The minimum Gasteiger partial charge on any atom is -0.481 e. The maximum absolute atomic E-state index is 14.6. The molecule has 2 rings (SSSR count). The van der Waals surface area contributed by atoms with Crippen LogP contribution in [0.5, 0.6) is 0 Å². The molecular formula is C39H71NO6SSi2. The molecule has 49 heavy (non-hydrogen) atoms. The first-order valence-electron chi connectivity index (χ1n) is 18.5. The molecule has 0 saturated heterocycles. The van der Waals surface area contributed by atoms with Crippen molar-refractivity contribution >= 4 is 45.8 Å². The molecule has 1 heterocycles. The van der Waals surface area contributed by atoms with E-state index in [1.54, 1.807) is 11.3 Å². The molecule has 0 aromatic carbocycles. The zero-order valence-electron chi connectivity index (χ0n) is 33.8. The number of rotatable bonds is 19. The van der Waals surface area contributed by atoms with Crippen molar-refractivity contribution in [2.45, 2.75) is 176 Å². The summed E-state index contributed by atoms with van der Waals surface area (Å²) in [7, 11) is -4.60. The number of nitrogens with zero attached hydrogens (tertiary/aromatic N) is 1. The predicted octanol–water partition coefficient (Wildman–Crippen LogP) is 10.5. The average molecular weight is 738 g/mol. The molecular weight excluding hydrogens is 667 g/mol. The lowest BCUT2D eigenvalue weighted by atomic mass is 9.73. The molecule has 1 aromatic heterocycles. The van der Waals surface area contributed by atoms with Gasteiger partial charge < -0.3 is 19.1 Å². The third-order valence-electron chi connectivity index (χ3n) is 12.1. The van der Waals surface area contributed by atoms with Crippen LogP contribution in [0, 0.1) is 36.0 Å². The highest BCUT2D eigenvalue weighted by Crippen LogP contribution is 2.47. The fourth-order valence-electron chi connectivity index (χ4n) is 6.33. The number of hydrogen-bond acceptors (Lipinski definition) is 7. The van der Waals surface area contributed by atoms with Gasteiger partial charge in [-0.1, -0.05) is 82.1 Å². The molecule has 0 aliphatic heterocycles. The molecule has 0 radical (unpaired) electrons. The van der Waals surface area contributed by atoms with Gasteiger partial charge in [-0.3, -0.25) is 9.59 Å². The average Bonchev–Trinajstić information content (AvgIpc) is 3.54. The monoisotopic (exact) mass is 737 g/mol. The molecule has 1 aromatic rings. The normalized spacial score (nSPS) is 21.2. The third kappa shape index (κ3) is 12.2. The van der Waals surface area contributed by atoms with E-state index >= 15 is 0 Å². The fraction of sp³-hybridized carbons (Fsp3) is 0.821. The van der Waals surface area contributed by atoms with Crippen molar-refractivity contribution < 1.29 is 28.7 Å². The van der Waals surface area contributed by atoms with E-state index in [0.717, 1.165) is 48.4 Å². The van der Waals surface area contributed by atoms with Gasteiger partial charge >= 0.3 is 5.97 Å². The Bertz CT molecular complexity index is 1290. The molecule has 0 amide bonds. The Morgan fingerprint density at radius 2 is 1.55 bits per heavy atom. The summed E-state index contributed by atoms with van der Waals surface area (Å²) < 4.78 is 13.8. The number of carbonyl (C=O) groups excluding carboxylic acids is 1. The number of carboxylic acids is 1. The Hall–Kier alpha value is -1.18. The van der Waals surface area contributed by atoms with E-state index in [4.69, 9.17) is 8.85 Å². The molecule has 282 valence electrons. The molecule has 1 saturated carbocycles. The van der Waals surface area contributed by atoms with Crippen LogP contribution in [-0.4, -0.2) is 61.9 Å². The number of thiazole rings is 1. The fourth-order valence-corrected chi connectivity index (χ4v) is 9.81. The number of aliphatic hydroxyl groups excluding tert-OH is 1. The van der Waals surface area contributed by atoms with E-state index in [2.05, 4.69) is 79.6 Å². The lowest BCUT2D eigenvalue weighted by molar-refractivity contribution is -0.146. The van der Waals surface area contributed by atoms with Crippen molar-refractivity contribution in [3.05, 3.63) is 21.7 Å². The molecule has 7 atom stereocenters. The van der Waals surface area contributed by atoms with Gasteiger partial charge in [-0.2, -0.15) is 0 Å². The number of aryl methyl sites for hydroxylation is 1. The Morgan fingerprint density at radius 3 is 2.04 bits per heavy atom. The maximum atomic E-state index is 14.6. The molecule has 0 spiro atoms. The molecule has 1 unspecified atom stereocenters. The molecule has 1 fully saturated rings. The molecule has 0 bridgehead atoms. The van der Waals surface area contributed by atoms with Crippen LogP contribution in [0.2, 0.25) is 36.3 Å². The van der Waals surface area contributed by atoms with Crippen molar-refractivity contribution in [3.63, 3.8) is 0 Å². The number of ketones is 1. The highest BCUT2D eigenvalue weighted by atomic mass is 32.1. The smallest absolute Gasteiger partial charge is 0.305 e. The van der Waals surface area contributed by atoms with Gasteiger partial charge in [0.15, 0.2) is 16.6 Å². The zero-order chi connectivity index (χ0) is 37.9. The van der Waals surface area contributed by atoms with E-state index in [1.807, 2.05) is 46.1 Å². The summed E-state index contributed by atoms with van der Waals surface area (Å²) in [4.78, 5) is 31.1. The summed E-state index contributed by atoms with van der Waals surface area (Å²) in [5.74, 6) is -0.0420. The van der Waals surface area contributed by atoms with E-state index in [0.29, 0.717) is 11.8 Å². The van der Waals surface area contributed by atoms with Crippen molar-refractivity contribution in [2.24, 2.45) is 29.1 Å². The van der Waals surface area contributed by atoms with Crippen LogP contribution in [0.1, 0.15) is 125 Å². The SMILES string of the molecule is C/C(=C\c1csc(C)n1)C(O)C[C@@H]1C[C@@H]1CCC[C@H](C)[C@H](O[Si](C)(C)C(C)(C)C)[C@@H](C)C(=O)C(C)(C)[C@H](CC(=O)O)O[Si](C)(C)C(C)(C)C. The molecule has 1 aliphatic carbocycles. The minimum atomic E-state index is -2.36. The summed E-state index contributed by atoms with van der Waals surface area (Å²) >= 11 is 1.62. The van der Waals surface area contributed by atoms with Crippen LogP contribution in [-0.2, 0) is 18.4 Å². The summed E-state index contributed by atoms with van der Waals surface area (Å²) in [6.45, 7) is 33.7. The number of Topliss-reactive ketones (excluding diaryl/α,β-unsaturated/α-hetero) is 1. The van der Waals surface area contributed by atoms with Gasteiger partial charge in [-0.25, -0.2) is 4.98 Å². The number of aromatic nitrogens is 1. The first-order valence-corrected chi connectivity index (χ1v) is 25.2. The standard InChI is InChI=1S/C39H71NO6SSi2/c1-25(18-17-19-29-21-30(29)22-32(41)26(2)20-31-24-47-28(4)40-31)35(46-49(15,16)38(8,9)10)27(3)36(44)39(11,12)33(23-34(42)43)45-48(13,14)37(5,6)7/h20,24-25,27,29-30,32-33,35,41H,17-19,21-23H2,1-16H3,(H,42,43)/b26-20+/t25-,27+,29-,30-,32?,33-,35-/m0/s1. The van der Waals surface area contributed by atoms with Crippen LogP contribution in [0.25, 0.3) is 6.08 Å². The van der Waals surface area contributed by atoms with Gasteiger partial charge in [0.1, 0.15) is 5.78 Å². The summed E-state index contributed by atoms with van der Waals surface area (Å²) in [6.07, 6.45) is 5.39. The third-order valence-corrected chi connectivity index (χ3v) is 21.9. The summed E-state index contributed by atoms with van der Waals surface area (Å²) in [5, 5.41) is 23.7. The maximum Gasteiger partial charge on any atom is 0.305 e. The Balaban J connectivity index is 2.17. The first-order chi connectivity index (χ1) is 22.1. The van der Waals surface area contributed by atoms with Crippen LogP contribution < -0.4 is 0 Å². The molecule has 1 aliphatic rings. The van der Waals surface area contributed by atoms with Crippen molar-refractivity contribution in [2.75, 3.05) is 0 Å². The molecule has 7 nitrogen and oxygen atoms in total. The number of aliphatic hydroxyl groups is 1. The lowest BCUT2D eigenvalue weighted by Gasteiger charge is -2.46. The summed E-state index contributed by atoms with van der Waals surface area (Å²) in [5.41, 5.74) is 0.887. The zero-order valence-corrected chi connectivity index (χ0v) is 36.6. The minimum absolute atomic E-state index is 0.0144. The number of carbonyl (C=O) groups is 2. The molecule has 10 heteroatoms. The summed E-state index contributed by atoms with van der Waals surface area (Å²) in [6, 6.07) is 0. The van der Waals surface area contributed by atoms with Crippen LogP contribution in [0.3, 0.4) is 0 Å². The van der Waals surface area contributed by atoms with E-state index in [1.165, 1.54) is 0 Å². The topological polar surface area (TPSA) is 106 Å². The van der Waals surface area contributed by atoms with Gasteiger partial charge in [-0.05, 0) is 98.8 Å².